The van der Waals surface area contributed by atoms with Gasteiger partial charge in [0.1, 0.15) is 10.1 Å². The SMILES string of the molecule is O=C(COc1ccc(/C=C2\SC(=S)N(CCc3ccccc3)C2=O)cc1)Nc1ccc(Br)cc1. The predicted molar refractivity (Wildman–Crippen MR) is 145 cm³/mol. The van der Waals surface area contributed by atoms with Crippen LogP contribution in [0.15, 0.2) is 88.2 Å². The van der Waals surface area contributed by atoms with Gasteiger partial charge in [-0.2, -0.15) is 0 Å². The minimum absolute atomic E-state index is 0.0733. The summed E-state index contributed by atoms with van der Waals surface area (Å²) in [4.78, 5) is 27.2. The van der Waals surface area contributed by atoms with Gasteiger partial charge in [0.25, 0.3) is 11.8 Å². The normalized spacial score (nSPS) is 14.5. The molecule has 0 spiro atoms. The number of thiocarbonyl (C=S) groups is 1. The van der Waals surface area contributed by atoms with E-state index in [1.54, 1.807) is 29.2 Å². The van der Waals surface area contributed by atoms with Gasteiger partial charge in [-0.05, 0) is 60.0 Å². The maximum absolute atomic E-state index is 12.8. The summed E-state index contributed by atoms with van der Waals surface area (Å²) in [5.41, 5.74) is 2.73. The van der Waals surface area contributed by atoms with Crippen molar-refractivity contribution >= 4 is 67.8 Å². The molecule has 0 radical (unpaired) electrons. The Morgan fingerprint density at radius 3 is 2.44 bits per heavy atom. The summed E-state index contributed by atoms with van der Waals surface area (Å²) in [6.07, 6.45) is 2.58. The number of halogens is 1. The summed E-state index contributed by atoms with van der Waals surface area (Å²) < 4.78 is 7.09. The minimum Gasteiger partial charge on any atom is -0.484 e. The largest absolute Gasteiger partial charge is 0.484 e. The molecule has 0 aliphatic carbocycles. The number of nitrogens with one attached hydrogen (secondary N) is 1. The van der Waals surface area contributed by atoms with Crippen molar-refractivity contribution in [3.05, 3.63) is 99.4 Å². The third kappa shape index (κ3) is 6.56. The fourth-order valence-electron chi connectivity index (χ4n) is 3.27. The van der Waals surface area contributed by atoms with Gasteiger partial charge in [0, 0.05) is 16.7 Å². The molecule has 1 saturated heterocycles. The Kier molecular flexibility index (Phi) is 8.16. The van der Waals surface area contributed by atoms with Crippen molar-refractivity contribution in [1.29, 1.82) is 0 Å². The number of nitrogens with zero attached hydrogens (tertiary/aromatic N) is 1. The van der Waals surface area contributed by atoms with Gasteiger partial charge in [0.2, 0.25) is 0 Å². The molecule has 0 unspecified atom stereocenters. The van der Waals surface area contributed by atoms with Crippen LogP contribution in [0.3, 0.4) is 0 Å². The minimum atomic E-state index is -0.245. The molecular weight excluding hydrogens is 532 g/mol. The molecule has 8 heteroatoms. The second-order valence-corrected chi connectivity index (χ2v) is 10.1. The van der Waals surface area contributed by atoms with E-state index in [1.165, 1.54) is 17.3 Å². The number of thioether (sulfide) groups is 1. The summed E-state index contributed by atoms with van der Waals surface area (Å²) in [7, 11) is 0. The van der Waals surface area contributed by atoms with Crippen LogP contribution in [-0.2, 0) is 16.0 Å². The highest BCUT2D eigenvalue weighted by atomic mass is 79.9. The third-order valence-electron chi connectivity index (χ3n) is 5.02. The zero-order valence-corrected chi connectivity index (χ0v) is 21.3. The zero-order chi connectivity index (χ0) is 23.9. The first-order chi connectivity index (χ1) is 16.5. The van der Waals surface area contributed by atoms with E-state index in [0.29, 0.717) is 27.2 Å². The van der Waals surface area contributed by atoms with Gasteiger partial charge in [-0.25, -0.2) is 0 Å². The van der Waals surface area contributed by atoms with E-state index in [9.17, 15) is 9.59 Å². The van der Waals surface area contributed by atoms with Crippen LogP contribution in [-0.4, -0.2) is 34.2 Å². The number of hydrogen-bond donors (Lipinski definition) is 1. The third-order valence-corrected chi connectivity index (χ3v) is 6.92. The van der Waals surface area contributed by atoms with Crippen LogP contribution < -0.4 is 10.1 Å². The second kappa shape index (κ2) is 11.5. The first-order valence-electron chi connectivity index (χ1n) is 10.6. The van der Waals surface area contributed by atoms with Crippen LogP contribution in [0.4, 0.5) is 5.69 Å². The quantitative estimate of drug-likeness (QED) is 0.278. The van der Waals surface area contributed by atoms with Crippen LogP contribution in [0.1, 0.15) is 11.1 Å². The predicted octanol–water partition coefficient (Wildman–Crippen LogP) is 5.91. The first kappa shape index (κ1) is 24.2. The molecule has 0 bridgehead atoms. The fourth-order valence-corrected chi connectivity index (χ4v) is 4.84. The average Bonchev–Trinajstić information content (AvgIpc) is 3.11. The number of amides is 2. The Labute approximate surface area is 216 Å². The van der Waals surface area contributed by atoms with E-state index >= 15 is 0 Å². The van der Waals surface area contributed by atoms with Crippen molar-refractivity contribution < 1.29 is 14.3 Å². The summed E-state index contributed by atoms with van der Waals surface area (Å²) in [6.45, 7) is 0.455. The fraction of sp³-hybridized carbons (Fsp3) is 0.115. The van der Waals surface area contributed by atoms with Crippen molar-refractivity contribution in [2.24, 2.45) is 0 Å². The van der Waals surface area contributed by atoms with Crippen LogP contribution in [0, 0.1) is 0 Å². The van der Waals surface area contributed by atoms with Gasteiger partial charge in [-0.15, -0.1) is 0 Å². The van der Waals surface area contributed by atoms with Crippen molar-refractivity contribution in [2.45, 2.75) is 6.42 Å². The molecule has 2 amide bonds. The molecule has 172 valence electrons. The van der Waals surface area contributed by atoms with Crippen LogP contribution in [0.25, 0.3) is 6.08 Å². The molecule has 0 saturated carbocycles. The van der Waals surface area contributed by atoms with E-state index in [0.717, 1.165) is 16.5 Å². The average molecular weight is 554 g/mol. The van der Waals surface area contributed by atoms with Crippen LogP contribution in [0.2, 0.25) is 0 Å². The number of carbonyl (C=O) groups is 2. The number of rotatable bonds is 8. The Hall–Kier alpha value is -2.94. The molecule has 5 nitrogen and oxygen atoms in total. The van der Waals surface area contributed by atoms with Gasteiger partial charge in [-0.3, -0.25) is 14.5 Å². The molecule has 0 atom stereocenters. The first-order valence-corrected chi connectivity index (χ1v) is 12.6. The number of ether oxygens (including phenoxy) is 1. The van der Waals surface area contributed by atoms with Gasteiger partial charge >= 0.3 is 0 Å². The van der Waals surface area contributed by atoms with Gasteiger partial charge < -0.3 is 10.1 Å². The van der Waals surface area contributed by atoms with E-state index < -0.39 is 0 Å². The van der Waals surface area contributed by atoms with Crippen molar-refractivity contribution in [3.8, 4) is 5.75 Å². The van der Waals surface area contributed by atoms with Crippen molar-refractivity contribution in [1.82, 2.24) is 4.90 Å². The molecule has 1 heterocycles. The molecule has 1 N–H and O–H groups in total. The molecule has 3 aromatic rings. The van der Waals surface area contributed by atoms with Crippen molar-refractivity contribution in [2.75, 3.05) is 18.5 Å². The lowest BCUT2D eigenvalue weighted by atomic mass is 10.1. The van der Waals surface area contributed by atoms with Gasteiger partial charge in [-0.1, -0.05) is 82.4 Å². The van der Waals surface area contributed by atoms with Crippen LogP contribution >= 0.6 is 39.9 Å². The lowest BCUT2D eigenvalue weighted by molar-refractivity contribution is -0.122. The molecule has 1 aliphatic rings. The molecule has 4 rings (SSSR count). The number of carbonyl (C=O) groups excluding carboxylic acids is 2. The molecular formula is C26H21BrN2O3S2. The summed E-state index contributed by atoms with van der Waals surface area (Å²) in [5, 5.41) is 2.78. The maximum Gasteiger partial charge on any atom is 0.266 e. The number of hydrogen-bond acceptors (Lipinski definition) is 5. The second-order valence-electron chi connectivity index (χ2n) is 7.48. The topological polar surface area (TPSA) is 58.6 Å². The van der Waals surface area contributed by atoms with Gasteiger partial charge in [0.05, 0.1) is 4.91 Å². The standard InChI is InChI=1S/C26H21BrN2O3S2/c27-20-8-10-21(11-9-20)28-24(30)17-32-22-12-6-19(7-13-22)16-23-25(31)29(26(33)34-23)15-14-18-4-2-1-3-5-18/h1-13,16H,14-15,17H2,(H,28,30)/b23-16-. The van der Waals surface area contributed by atoms with E-state index in [-0.39, 0.29) is 18.4 Å². The monoisotopic (exact) mass is 552 g/mol. The smallest absolute Gasteiger partial charge is 0.266 e. The molecule has 1 aliphatic heterocycles. The Balaban J connectivity index is 1.30. The maximum atomic E-state index is 12.8. The molecule has 3 aromatic carbocycles. The zero-order valence-electron chi connectivity index (χ0n) is 18.1. The Bertz CT molecular complexity index is 1210. The van der Waals surface area contributed by atoms with E-state index in [4.69, 9.17) is 17.0 Å². The van der Waals surface area contributed by atoms with Crippen molar-refractivity contribution in [3.63, 3.8) is 0 Å². The van der Waals surface area contributed by atoms with E-state index in [1.807, 2.05) is 60.7 Å². The summed E-state index contributed by atoms with van der Waals surface area (Å²) in [6, 6.07) is 24.6. The Morgan fingerprint density at radius 2 is 1.74 bits per heavy atom. The Morgan fingerprint density at radius 1 is 1.03 bits per heavy atom. The highest BCUT2D eigenvalue weighted by Gasteiger charge is 2.31. The molecule has 0 aromatic heterocycles. The van der Waals surface area contributed by atoms with Gasteiger partial charge in [0.15, 0.2) is 6.61 Å². The molecule has 34 heavy (non-hydrogen) atoms. The summed E-state index contributed by atoms with van der Waals surface area (Å²) in [5.74, 6) is 0.250. The lowest BCUT2D eigenvalue weighted by Gasteiger charge is -2.14. The van der Waals surface area contributed by atoms with Crippen LogP contribution in [0.5, 0.6) is 5.75 Å². The highest BCUT2D eigenvalue weighted by molar-refractivity contribution is 9.10. The number of anilines is 1. The number of benzene rings is 3. The lowest BCUT2D eigenvalue weighted by Crippen LogP contribution is -2.30. The summed E-state index contributed by atoms with van der Waals surface area (Å²) >= 11 is 10.1. The highest BCUT2D eigenvalue weighted by Crippen LogP contribution is 2.33. The molecule has 1 fully saturated rings. The van der Waals surface area contributed by atoms with E-state index in [2.05, 4.69) is 21.2 Å².